The third-order valence-corrected chi connectivity index (χ3v) is 6.76. The molecule has 3 atom stereocenters. The zero-order chi connectivity index (χ0) is 21.6. The number of hydrogen-bond acceptors (Lipinski definition) is 5. The van der Waals surface area contributed by atoms with E-state index in [1.807, 2.05) is 27.7 Å². The Kier molecular flexibility index (Phi) is 5.59. The third-order valence-electron chi connectivity index (χ3n) is 5.01. The van der Waals surface area contributed by atoms with Crippen LogP contribution in [0.2, 0.25) is 0 Å². The summed E-state index contributed by atoms with van der Waals surface area (Å²) in [5, 5.41) is 10.8. The lowest BCUT2D eigenvalue weighted by molar-refractivity contribution is 0.0622. The Labute approximate surface area is 173 Å². The minimum Gasteiger partial charge on any atom is -0.489 e. The zero-order valence-corrected chi connectivity index (χ0v) is 18.2. The number of nitrogens with zero attached hydrogens (tertiary/aromatic N) is 1. The molecule has 2 aromatic rings. The quantitative estimate of drug-likeness (QED) is 0.690. The summed E-state index contributed by atoms with van der Waals surface area (Å²) in [6.45, 7) is 9.36. The summed E-state index contributed by atoms with van der Waals surface area (Å²) < 4.78 is 34.9. The van der Waals surface area contributed by atoms with E-state index < -0.39 is 26.9 Å². The molecule has 2 heterocycles. The lowest BCUT2D eigenvalue weighted by Crippen LogP contribution is -2.47. The highest BCUT2D eigenvalue weighted by atomic mass is 32.2. The Morgan fingerprint density at radius 2 is 1.93 bits per heavy atom. The van der Waals surface area contributed by atoms with Crippen LogP contribution in [0.25, 0.3) is 11.3 Å². The first kappa shape index (κ1) is 21.8. The summed E-state index contributed by atoms with van der Waals surface area (Å²) in [6.07, 6.45) is 0. The Hall–Kier alpha value is -1.87. The van der Waals surface area contributed by atoms with Crippen molar-refractivity contribution in [3.05, 3.63) is 47.4 Å². The van der Waals surface area contributed by atoms with Gasteiger partial charge in [-0.2, -0.15) is 0 Å². The molecule has 0 radical (unpaired) electrons. The van der Waals surface area contributed by atoms with Gasteiger partial charge in [-0.15, -0.1) is 0 Å². The Morgan fingerprint density at radius 3 is 2.48 bits per heavy atom. The van der Waals surface area contributed by atoms with Gasteiger partial charge in [0.1, 0.15) is 23.7 Å². The van der Waals surface area contributed by atoms with Crippen LogP contribution in [0.15, 0.2) is 30.3 Å². The van der Waals surface area contributed by atoms with Gasteiger partial charge in [-0.25, -0.2) is 18.3 Å². The molecule has 4 N–H and O–H groups in total. The second-order valence-electron chi connectivity index (χ2n) is 8.82. The van der Waals surface area contributed by atoms with Crippen LogP contribution in [0, 0.1) is 5.82 Å². The fourth-order valence-corrected chi connectivity index (χ4v) is 3.89. The van der Waals surface area contributed by atoms with Crippen molar-refractivity contribution in [2.24, 2.45) is 5.73 Å². The number of nitrogens with two attached hydrogens (primary N) is 1. The maximum Gasteiger partial charge on any atom is 0.150 e. The molecule has 1 aromatic heterocycles. The molecule has 0 bridgehead atoms. The molecule has 0 spiro atoms. The molecule has 158 valence electrons. The molecule has 0 fully saturated rings. The van der Waals surface area contributed by atoms with Crippen molar-refractivity contribution in [3.8, 4) is 17.0 Å². The van der Waals surface area contributed by atoms with Crippen LogP contribution in [0.4, 0.5) is 4.39 Å². The molecule has 29 heavy (non-hydrogen) atoms. The average Bonchev–Trinajstić information content (AvgIpc) is 2.98. The van der Waals surface area contributed by atoms with Gasteiger partial charge < -0.3 is 15.6 Å². The molecule has 6 nitrogen and oxygen atoms in total. The van der Waals surface area contributed by atoms with E-state index in [0.29, 0.717) is 22.7 Å². The number of rotatable bonds is 5. The number of hydrogen-bond donors (Lipinski definition) is 3. The zero-order valence-electron chi connectivity index (χ0n) is 17.4. The van der Waals surface area contributed by atoms with Crippen molar-refractivity contribution in [2.45, 2.75) is 50.5 Å². The smallest absolute Gasteiger partial charge is 0.150 e. The normalized spacial score (nSPS) is 21.9. The monoisotopic (exact) mass is 421 g/mol. The Bertz CT molecular complexity index is 941. The van der Waals surface area contributed by atoms with Crippen LogP contribution in [0.1, 0.15) is 45.9 Å². The molecule has 0 aliphatic carbocycles. The van der Waals surface area contributed by atoms with E-state index in [1.165, 1.54) is 12.1 Å². The van der Waals surface area contributed by atoms with Gasteiger partial charge in [-0.05, 0) is 65.0 Å². The van der Waals surface area contributed by atoms with Crippen LogP contribution >= 0.6 is 0 Å². The van der Waals surface area contributed by atoms with Crippen molar-refractivity contribution in [3.63, 3.8) is 0 Å². The first-order chi connectivity index (χ1) is 13.4. The predicted octanol–water partition coefficient (Wildman–Crippen LogP) is 2.71. The Balaban J connectivity index is 2.18. The minimum absolute atomic E-state index is 0.0272. The summed E-state index contributed by atoms with van der Waals surface area (Å²) >= 11 is 0. The first-order valence-electron chi connectivity index (χ1n) is 9.44. The fourth-order valence-electron chi connectivity index (χ4n) is 3.01. The number of benzene rings is 1. The van der Waals surface area contributed by atoms with Gasteiger partial charge in [0.05, 0.1) is 27.0 Å². The third kappa shape index (κ3) is 4.21. The predicted molar refractivity (Wildman–Crippen MR) is 112 cm³/mol. The number of aromatic nitrogens is 1. The fraction of sp³-hybridized carbons (Fsp3) is 0.476. The van der Waals surface area contributed by atoms with E-state index in [0.717, 1.165) is 5.56 Å². The van der Waals surface area contributed by atoms with Gasteiger partial charge in [-0.1, -0.05) is 0 Å². The van der Waals surface area contributed by atoms with Gasteiger partial charge in [0.25, 0.3) is 0 Å². The van der Waals surface area contributed by atoms with Crippen LogP contribution < -0.4 is 15.2 Å². The molecular weight excluding hydrogens is 393 g/mol. The number of fused-ring (bicyclic) bond motifs is 1. The van der Waals surface area contributed by atoms with Gasteiger partial charge in [0, 0.05) is 17.7 Å². The van der Waals surface area contributed by atoms with Crippen molar-refractivity contribution >= 4 is 11.0 Å². The summed E-state index contributed by atoms with van der Waals surface area (Å²) in [6, 6.07) is 7.66. The van der Waals surface area contributed by atoms with E-state index in [1.54, 1.807) is 25.1 Å². The van der Waals surface area contributed by atoms with Crippen molar-refractivity contribution in [1.29, 1.82) is 0 Å². The van der Waals surface area contributed by atoms with Gasteiger partial charge in [-0.3, -0.25) is 0 Å². The molecule has 0 amide bonds. The topological polar surface area (TPSA) is 97.5 Å². The van der Waals surface area contributed by atoms with Crippen LogP contribution in [-0.2, 0) is 22.1 Å². The summed E-state index contributed by atoms with van der Waals surface area (Å²) in [5.74, 6) is 0.164. The number of halogens is 1. The number of nitrogens with one attached hydrogen (secondary N) is 1. The van der Waals surface area contributed by atoms with E-state index in [9.17, 15) is 13.7 Å². The molecule has 1 aliphatic rings. The largest absolute Gasteiger partial charge is 0.489 e. The van der Waals surface area contributed by atoms with Crippen molar-refractivity contribution in [2.75, 3.05) is 13.2 Å². The van der Waals surface area contributed by atoms with Gasteiger partial charge in [0.2, 0.25) is 0 Å². The molecule has 1 aromatic carbocycles. The van der Waals surface area contributed by atoms with Crippen LogP contribution in [0.3, 0.4) is 0 Å². The van der Waals surface area contributed by atoms with E-state index >= 15 is 0 Å². The van der Waals surface area contributed by atoms with Gasteiger partial charge in [0.15, 0.2) is 5.75 Å². The highest BCUT2D eigenvalue weighted by Gasteiger charge is 2.43. The molecule has 3 rings (SSSR count). The number of ether oxygens (including phenoxy) is 1. The standard InChI is InChI=1S/C21H28FN3O3S/c1-19(2,3)29(27)25-20(4)12-28-18-15(20)10-16(21(5,26)11-23)24-17(18)13-6-8-14(22)9-7-13/h6-10,25-26H,11-12,23H2,1-5H3/t20-,21-,29?/m0/s1. The second-order valence-corrected chi connectivity index (χ2v) is 10.8. The maximum atomic E-state index is 13.4. The first-order valence-corrected chi connectivity index (χ1v) is 10.6. The molecule has 0 saturated heterocycles. The minimum atomic E-state index is -1.36. The van der Waals surface area contributed by atoms with Crippen molar-refractivity contribution < 1.29 is 18.4 Å². The van der Waals surface area contributed by atoms with E-state index in [2.05, 4.69) is 9.71 Å². The Morgan fingerprint density at radius 1 is 1.31 bits per heavy atom. The van der Waals surface area contributed by atoms with Crippen molar-refractivity contribution in [1.82, 2.24) is 9.71 Å². The van der Waals surface area contributed by atoms with E-state index in [4.69, 9.17) is 10.5 Å². The highest BCUT2D eigenvalue weighted by molar-refractivity contribution is 7.84. The number of pyridine rings is 1. The molecule has 1 unspecified atom stereocenters. The lowest BCUT2D eigenvalue weighted by Gasteiger charge is -2.29. The summed E-state index contributed by atoms with van der Waals surface area (Å²) in [5.41, 5.74) is 5.88. The van der Waals surface area contributed by atoms with Crippen LogP contribution in [-0.4, -0.2) is 32.2 Å². The number of aliphatic hydroxyl groups is 1. The average molecular weight is 422 g/mol. The molecule has 1 aliphatic heterocycles. The lowest BCUT2D eigenvalue weighted by atomic mass is 9.90. The molecule has 8 heteroatoms. The second kappa shape index (κ2) is 7.43. The summed E-state index contributed by atoms with van der Waals surface area (Å²) in [4.78, 5) is 4.60. The summed E-state index contributed by atoms with van der Waals surface area (Å²) in [7, 11) is -1.34. The molecular formula is C21H28FN3O3S. The van der Waals surface area contributed by atoms with Gasteiger partial charge >= 0.3 is 0 Å². The van der Waals surface area contributed by atoms with Crippen LogP contribution in [0.5, 0.6) is 5.75 Å². The molecule has 0 saturated carbocycles. The maximum absolute atomic E-state index is 13.4. The highest BCUT2D eigenvalue weighted by Crippen LogP contribution is 2.44. The SMILES string of the molecule is CC(C)(C)S(=O)N[C@@]1(C)COc2c1cc([C@@](C)(O)CN)nc2-c1ccc(F)cc1. The van der Waals surface area contributed by atoms with E-state index in [-0.39, 0.29) is 19.0 Å².